The molecular formula is C27H43N3O7. The molecule has 0 heterocycles. The van der Waals surface area contributed by atoms with Gasteiger partial charge < -0.3 is 30.5 Å². The number of ether oxygens (including phenoxy) is 2. The lowest BCUT2D eigenvalue weighted by Gasteiger charge is -2.28. The molecule has 4 N–H and O–H groups in total. The minimum atomic E-state index is -1.39. The smallest absolute Gasteiger partial charge is 0.408 e. The molecule has 1 aromatic carbocycles. The summed E-state index contributed by atoms with van der Waals surface area (Å²) in [7, 11) is 1.16. The van der Waals surface area contributed by atoms with E-state index in [1.807, 2.05) is 27.7 Å². The maximum atomic E-state index is 13.3. The van der Waals surface area contributed by atoms with E-state index in [0.29, 0.717) is 12.0 Å². The van der Waals surface area contributed by atoms with Crippen molar-refractivity contribution in [2.75, 3.05) is 7.11 Å². The molecule has 0 fully saturated rings. The van der Waals surface area contributed by atoms with Crippen LogP contribution in [0.15, 0.2) is 30.3 Å². The molecule has 4 atom stereocenters. The fourth-order valence-corrected chi connectivity index (χ4v) is 3.62. The Morgan fingerprint density at radius 3 is 1.78 bits per heavy atom. The second-order valence-corrected chi connectivity index (χ2v) is 10.9. The Hall–Kier alpha value is -3.14. The molecule has 0 saturated carbocycles. The number of hydrogen-bond acceptors (Lipinski definition) is 7. The molecule has 3 amide bonds. The number of aliphatic hydroxyl groups excluding tert-OH is 1. The molecule has 0 bridgehead atoms. The van der Waals surface area contributed by atoms with Crippen LogP contribution in [0.2, 0.25) is 0 Å². The predicted octanol–water partition coefficient (Wildman–Crippen LogP) is 2.85. The van der Waals surface area contributed by atoms with Crippen molar-refractivity contribution in [3.8, 4) is 0 Å². The SMILES string of the molecule is COC(=O)[C@@H](NC(=O)[C@H](CC(C)C)NC(=O)[C@@H](CC(C)C)NC(=O)OC(C)(C)C)[C@H](O)c1ccccc1. The normalized spacial score (nSPS) is 14.8. The summed E-state index contributed by atoms with van der Waals surface area (Å²) in [5, 5.41) is 18.6. The fraction of sp³-hybridized carbons (Fsp3) is 0.630. The zero-order chi connectivity index (χ0) is 28.3. The monoisotopic (exact) mass is 521 g/mol. The number of amides is 3. The molecule has 1 aromatic rings. The predicted molar refractivity (Wildman–Crippen MR) is 139 cm³/mol. The van der Waals surface area contributed by atoms with Crippen LogP contribution < -0.4 is 16.0 Å². The van der Waals surface area contributed by atoms with Crippen LogP contribution >= 0.6 is 0 Å². The highest BCUT2D eigenvalue weighted by Crippen LogP contribution is 2.18. The molecule has 0 aromatic heterocycles. The van der Waals surface area contributed by atoms with Crippen molar-refractivity contribution in [3.63, 3.8) is 0 Å². The standard InChI is InChI=1S/C27H43N3O7/c1-16(2)14-19(28-23(32)20(15-17(3)4)29-26(35)37-27(5,6)7)24(33)30-21(25(34)36-8)22(31)18-12-10-9-11-13-18/h9-13,16-17,19-22,31H,14-15H2,1-8H3,(H,28,32)(H,29,35)(H,30,33)/t19-,20+,21-,22+/m0/s1. The summed E-state index contributed by atoms with van der Waals surface area (Å²) < 4.78 is 10.1. The van der Waals surface area contributed by atoms with Crippen molar-refractivity contribution in [1.82, 2.24) is 16.0 Å². The largest absolute Gasteiger partial charge is 0.467 e. The van der Waals surface area contributed by atoms with Gasteiger partial charge in [0, 0.05) is 0 Å². The van der Waals surface area contributed by atoms with Gasteiger partial charge in [-0.25, -0.2) is 9.59 Å². The molecule has 0 radical (unpaired) electrons. The van der Waals surface area contributed by atoms with E-state index in [1.54, 1.807) is 51.1 Å². The van der Waals surface area contributed by atoms with Crippen molar-refractivity contribution in [2.24, 2.45) is 11.8 Å². The van der Waals surface area contributed by atoms with Crippen LogP contribution in [0, 0.1) is 11.8 Å². The van der Waals surface area contributed by atoms with Crippen molar-refractivity contribution in [3.05, 3.63) is 35.9 Å². The lowest BCUT2D eigenvalue weighted by Crippen LogP contribution is -2.57. The number of methoxy groups -OCH3 is 1. The third-order valence-corrected chi connectivity index (χ3v) is 5.26. The third kappa shape index (κ3) is 11.6. The van der Waals surface area contributed by atoms with Gasteiger partial charge in [0.05, 0.1) is 7.11 Å². The quantitative estimate of drug-likeness (QED) is 0.310. The number of benzene rings is 1. The van der Waals surface area contributed by atoms with Crippen LogP contribution in [0.1, 0.15) is 73.0 Å². The van der Waals surface area contributed by atoms with E-state index in [0.717, 1.165) is 7.11 Å². The summed E-state index contributed by atoms with van der Waals surface area (Å²) in [6, 6.07) is 5.04. The number of alkyl carbamates (subject to hydrolysis) is 1. The molecule has 208 valence electrons. The van der Waals surface area contributed by atoms with Crippen LogP contribution in [-0.4, -0.2) is 59.8 Å². The van der Waals surface area contributed by atoms with Gasteiger partial charge in [-0.15, -0.1) is 0 Å². The van der Waals surface area contributed by atoms with Crippen LogP contribution in [0.3, 0.4) is 0 Å². The third-order valence-electron chi connectivity index (χ3n) is 5.26. The maximum absolute atomic E-state index is 13.3. The van der Waals surface area contributed by atoms with E-state index in [4.69, 9.17) is 9.47 Å². The summed E-state index contributed by atoms with van der Waals surface area (Å²) >= 11 is 0. The highest BCUT2D eigenvalue weighted by atomic mass is 16.6. The molecule has 0 aliphatic heterocycles. The number of nitrogens with one attached hydrogen (secondary N) is 3. The zero-order valence-electron chi connectivity index (χ0n) is 23.2. The van der Waals surface area contributed by atoms with Gasteiger partial charge in [0.1, 0.15) is 23.8 Å². The van der Waals surface area contributed by atoms with E-state index in [1.165, 1.54) is 0 Å². The Labute approximate surface area is 219 Å². The van der Waals surface area contributed by atoms with E-state index < -0.39 is 53.7 Å². The lowest BCUT2D eigenvalue weighted by atomic mass is 9.98. The number of esters is 1. The first-order chi connectivity index (χ1) is 17.1. The van der Waals surface area contributed by atoms with Crippen molar-refractivity contribution in [1.29, 1.82) is 0 Å². The van der Waals surface area contributed by atoms with E-state index >= 15 is 0 Å². The number of carbonyl (C=O) groups is 4. The average Bonchev–Trinajstić information content (AvgIpc) is 2.79. The molecule has 0 aliphatic rings. The Morgan fingerprint density at radius 1 is 0.838 bits per heavy atom. The second-order valence-electron chi connectivity index (χ2n) is 10.9. The highest BCUT2D eigenvalue weighted by molar-refractivity contribution is 5.93. The summed E-state index contributed by atoms with van der Waals surface area (Å²) in [5.74, 6) is -1.97. The summed E-state index contributed by atoms with van der Waals surface area (Å²) in [5.41, 5.74) is -0.327. The van der Waals surface area contributed by atoms with Crippen LogP contribution in [0.4, 0.5) is 4.79 Å². The first kappa shape index (κ1) is 31.9. The van der Waals surface area contributed by atoms with Gasteiger partial charge in [-0.2, -0.15) is 0 Å². The Kier molecular flexibility index (Phi) is 12.6. The van der Waals surface area contributed by atoms with Crippen molar-refractivity contribution in [2.45, 2.75) is 91.1 Å². The van der Waals surface area contributed by atoms with Gasteiger partial charge in [0.25, 0.3) is 0 Å². The minimum Gasteiger partial charge on any atom is -0.467 e. The van der Waals surface area contributed by atoms with Crippen molar-refractivity contribution < 1.29 is 33.8 Å². The number of carbonyl (C=O) groups excluding carboxylic acids is 4. The number of hydrogen-bond donors (Lipinski definition) is 4. The molecular weight excluding hydrogens is 478 g/mol. The fourth-order valence-electron chi connectivity index (χ4n) is 3.62. The van der Waals surface area contributed by atoms with Gasteiger partial charge in [-0.1, -0.05) is 58.0 Å². The van der Waals surface area contributed by atoms with Crippen LogP contribution in [0.25, 0.3) is 0 Å². The first-order valence-corrected chi connectivity index (χ1v) is 12.6. The molecule has 10 heteroatoms. The van der Waals surface area contributed by atoms with Crippen LogP contribution in [-0.2, 0) is 23.9 Å². The molecule has 10 nitrogen and oxygen atoms in total. The van der Waals surface area contributed by atoms with E-state index in [2.05, 4.69) is 16.0 Å². The Morgan fingerprint density at radius 2 is 1.32 bits per heavy atom. The maximum Gasteiger partial charge on any atom is 0.408 e. The van der Waals surface area contributed by atoms with Gasteiger partial charge in [-0.3, -0.25) is 9.59 Å². The first-order valence-electron chi connectivity index (χ1n) is 12.6. The average molecular weight is 522 g/mol. The van der Waals surface area contributed by atoms with Gasteiger partial charge in [0.2, 0.25) is 11.8 Å². The molecule has 0 aliphatic carbocycles. The summed E-state index contributed by atoms with van der Waals surface area (Å²) in [6.45, 7) is 12.7. The van der Waals surface area contributed by atoms with Crippen molar-refractivity contribution >= 4 is 23.9 Å². The minimum absolute atomic E-state index is 0.00837. The Balaban J connectivity index is 3.11. The highest BCUT2D eigenvalue weighted by Gasteiger charge is 2.35. The number of rotatable bonds is 12. The van der Waals surface area contributed by atoms with E-state index in [-0.39, 0.29) is 18.3 Å². The van der Waals surface area contributed by atoms with Gasteiger partial charge in [-0.05, 0) is 51.0 Å². The number of aliphatic hydroxyl groups is 1. The summed E-state index contributed by atoms with van der Waals surface area (Å²) in [4.78, 5) is 51.3. The molecule has 37 heavy (non-hydrogen) atoms. The summed E-state index contributed by atoms with van der Waals surface area (Å²) in [6.07, 6.45) is -1.53. The van der Waals surface area contributed by atoms with E-state index in [9.17, 15) is 24.3 Å². The molecule has 0 saturated heterocycles. The topological polar surface area (TPSA) is 143 Å². The van der Waals surface area contributed by atoms with Gasteiger partial charge >= 0.3 is 12.1 Å². The molecule has 0 spiro atoms. The lowest BCUT2D eigenvalue weighted by molar-refractivity contribution is -0.149. The Bertz CT molecular complexity index is 897. The molecule has 0 unspecified atom stereocenters. The van der Waals surface area contributed by atoms with Crippen LogP contribution in [0.5, 0.6) is 0 Å². The molecule has 1 rings (SSSR count). The van der Waals surface area contributed by atoms with Gasteiger partial charge in [0.15, 0.2) is 6.04 Å². The second kappa shape index (κ2) is 14.6. The zero-order valence-corrected chi connectivity index (χ0v) is 23.2.